The minimum atomic E-state index is -1.01. The molecule has 2 atom stereocenters. The van der Waals surface area contributed by atoms with Crippen LogP contribution in [-0.2, 0) is 16.1 Å². The third kappa shape index (κ3) is 3.98. The summed E-state index contributed by atoms with van der Waals surface area (Å²) in [4.78, 5) is 22.1. The van der Waals surface area contributed by atoms with Gasteiger partial charge in [-0.1, -0.05) is 19.1 Å². The third-order valence-corrected chi connectivity index (χ3v) is 3.17. The molecule has 0 heterocycles. The van der Waals surface area contributed by atoms with Gasteiger partial charge in [0.2, 0.25) is 5.91 Å². The van der Waals surface area contributed by atoms with Crippen LogP contribution in [0.5, 0.6) is 5.75 Å². The minimum Gasteiger partial charge on any atom is -0.482 e. The molecule has 102 valence electrons. The van der Waals surface area contributed by atoms with Crippen molar-refractivity contribution in [3.63, 3.8) is 0 Å². The molecule has 1 aliphatic rings. The third-order valence-electron chi connectivity index (χ3n) is 3.17. The monoisotopic (exact) mass is 263 g/mol. The number of aliphatic carboxylic acids is 1. The lowest BCUT2D eigenvalue weighted by atomic mass is 10.2. The lowest BCUT2D eigenvalue weighted by molar-refractivity contribution is -0.139. The van der Waals surface area contributed by atoms with Crippen molar-refractivity contribution in [3.8, 4) is 5.75 Å². The number of ether oxygens (including phenoxy) is 1. The molecular formula is C14H17NO4. The van der Waals surface area contributed by atoms with Gasteiger partial charge in [0, 0.05) is 12.5 Å². The van der Waals surface area contributed by atoms with Crippen LogP contribution in [-0.4, -0.2) is 23.6 Å². The Bertz CT molecular complexity index is 486. The Balaban J connectivity index is 1.84. The summed E-state index contributed by atoms with van der Waals surface area (Å²) in [5.41, 5.74) is 0.893. The van der Waals surface area contributed by atoms with E-state index in [2.05, 4.69) is 12.2 Å². The maximum atomic E-state index is 11.7. The summed E-state index contributed by atoms with van der Waals surface area (Å²) in [5, 5.41) is 11.4. The molecule has 2 rings (SSSR count). The highest BCUT2D eigenvalue weighted by Crippen LogP contribution is 2.37. The smallest absolute Gasteiger partial charge is 0.341 e. The molecule has 0 saturated heterocycles. The Labute approximate surface area is 111 Å². The van der Waals surface area contributed by atoms with Gasteiger partial charge in [-0.05, 0) is 30.0 Å². The molecule has 1 aliphatic carbocycles. The van der Waals surface area contributed by atoms with Crippen LogP contribution < -0.4 is 10.1 Å². The van der Waals surface area contributed by atoms with Gasteiger partial charge >= 0.3 is 5.97 Å². The zero-order valence-corrected chi connectivity index (χ0v) is 10.8. The van der Waals surface area contributed by atoms with Crippen molar-refractivity contribution in [1.82, 2.24) is 5.32 Å². The lowest BCUT2D eigenvalue weighted by Gasteiger charge is -2.07. The zero-order chi connectivity index (χ0) is 13.8. The number of nitrogens with one attached hydrogen (secondary N) is 1. The van der Waals surface area contributed by atoms with E-state index in [0.29, 0.717) is 18.2 Å². The van der Waals surface area contributed by atoms with Gasteiger partial charge in [-0.3, -0.25) is 4.79 Å². The number of rotatable bonds is 6. The Hall–Kier alpha value is -2.04. The fraction of sp³-hybridized carbons (Fsp3) is 0.429. The second kappa shape index (κ2) is 5.73. The molecule has 1 saturated carbocycles. The number of carboxylic acids is 1. The van der Waals surface area contributed by atoms with Crippen LogP contribution in [0.1, 0.15) is 18.9 Å². The molecule has 19 heavy (non-hydrogen) atoms. The summed E-state index contributed by atoms with van der Waals surface area (Å²) in [6.45, 7) is 2.13. The first-order valence-electron chi connectivity index (χ1n) is 6.27. The van der Waals surface area contributed by atoms with Crippen LogP contribution in [0.3, 0.4) is 0 Å². The minimum absolute atomic E-state index is 0.0874. The van der Waals surface area contributed by atoms with E-state index in [4.69, 9.17) is 9.84 Å². The molecule has 5 heteroatoms. The molecule has 0 radical (unpaired) electrons. The van der Waals surface area contributed by atoms with Gasteiger partial charge in [-0.25, -0.2) is 4.79 Å². The quantitative estimate of drug-likeness (QED) is 0.814. The average Bonchev–Trinajstić information content (AvgIpc) is 3.11. The Kier molecular flexibility index (Phi) is 4.04. The zero-order valence-electron chi connectivity index (χ0n) is 10.8. The summed E-state index contributed by atoms with van der Waals surface area (Å²) in [7, 11) is 0. The van der Waals surface area contributed by atoms with Gasteiger partial charge in [0.25, 0.3) is 0 Å². The molecule has 1 amide bonds. The Morgan fingerprint density at radius 1 is 1.47 bits per heavy atom. The molecule has 0 spiro atoms. The number of benzene rings is 1. The first-order valence-corrected chi connectivity index (χ1v) is 6.27. The molecule has 0 aliphatic heterocycles. The van der Waals surface area contributed by atoms with Crippen LogP contribution in [0.4, 0.5) is 0 Å². The van der Waals surface area contributed by atoms with Crippen LogP contribution in [0.25, 0.3) is 0 Å². The summed E-state index contributed by atoms with van der Waals surface area (Å²) < 4.78 is 5.08. The van der Waals surface area contributed by atoms with Gasteiger partial charge in [-0.2, -0.15) is 0 Å². The molecule has 1 fully saturated rings. The predicted octanol–water partition coefficient (Wildman–Crippen LogP) is 1.42. The van der Waals surface area contributed by atoms with E-state index in [1.54, 1.807) is 18.2 Å². The molecule has 0 aromatic heterocycles. The van der Waals surface area contributed by atoms with E-state index in [0.717, 1.165) is 12.0 Å². The number of hydrogen-bond donors (Lipinski definition) is 2. The molecule has 2 unspecified atom stereocenters. The SMILES string of the molecule is CC1CC1C(=O)NCc1cccc(OCC(=O)O)c1. The van der Waals surface area contributed by atoms with E-state index in [1.807, 2.05) is 6.07 Å². The van der Waals surface area contributed by atoms with Crippen molar-refractivity contribution in [1.29, 1.82) is 0 Å². The number of amides is 1. The molecule has 1 aromatic carbocycles. The summed E-state index contributed by atoms with van der Waals surface area (Å²) in [5.74, 6) is 0.219. The number of hydrogen-bond acceptors (Lipinski definition) is 3. The van der Waals surface area contributed by atoms with Crippen molar-refractivity contribution in [2.75, 3.05) is 6.61 Å². The highest BCUT2D eigenvalue weighted by molar-refractivity contribution is 5.81. The van der Waals surface area contributed by atoms with Gasteiger partial charge in [-0.15, -0.1) is 0 Å². The van der Waals surface area contributed by atoms with Gasteiger partial charge in [0.15, 0.2) is 6.61 Å². The van der Waals surface area contributed by atoms with E-state index in [1.165, 1.54) is 0 Å². The van der Waals surface area contributed by atoms with E-state index >= 15 is 0 Å². The lowest BCUT2D eigenvalue weighted by Crippen LogP contribution is -2.24. The van der Waals surface area contributed by atoms with E-state index in [9.17, 15) is 9.59 Å². The number of carbonyl (C=O) groups excluding carboxylic acids is 1. The van der Waals surface area contributed by atoms with Crippen molar-refractivity contribution in [3.05, 3.63) is 29.8 Å². The average molecular weight is 263 g/mol. The molecule has 5 nitrogen and oxygen atoms in total. The first kappa shape index (κ1) is 13.4. The highest BCUT2D eigenvalue weighted by atomic mass is 16.5. The Morgan fingerprint density at radius 3 is 2.84 bits per heavy atom. The normalized spacial score (nSPS) is 20.7. The van der Waals surface area contributed by atoms with Crippen LogP contribution in [0.2, 0.25) is 0 Å². The Morgan fingerprint density at radius 2 is 2.21 bits per heavy atom. The van der Waals surface area contributed by atoms with Crippen molar-refractivity contribution in [2.45, 2.75) is 19.9 Å². The van der Waals surface area contributed by atoms with Gasteiger partial charge < -0.3 is 15.2 Å². The number of carboxylic acid groups (broad SMARTS) is 1. The summed E-state index contributed by atoms with van der Waals surface area (Å²) >= 11 is 0. The van der Waals surface area contributed by atoms with Crippen molar-refractivity contribution >= 4 is 11.9 Å². The van der Waals surface area contributed by atoms with Crippen molar-refractivity contribution in [2.24, 2.45) is 11.8 Å². The van der Waals surface area contributed by atoms with Gasteiger partial charge in [0.05, 0.1) is 0 Å². The fourth-order valence-electron chi connectivity index (χ4n) is 1.90. The first-order chi connectivity index (χ1) is 9.06. The molecular weight excluding hydrogens is 246 g/mol. The predicted molar refractivity (Wildman–Crippen MR) is 68.7 cm³/mol. The second-order valence-electron chi connectivity index (χ2n) is 4.87. The molecule has 0 bridgehead atoms. The topological polar surface area (TPSA) is 75.6 Å². The second-order valence-corrected chi connectivity index (χ2v) is 4.87. The molecule has 1 aromatic rings. The largest absolute Gasteiger partial charge is 0.482 e. The number of carbonyl (C=O) groups is 2. The summed E-state index contributed by atoms with van der Waals surface area (Å²) in [6, 6.07) is 7.07. The molecule has 2 N–H and O–H groups in total. The van der Waals surface area contributed by atoms with Gasteiger partial charge in [0.1, 0.15) is 5.75 Å². The van der Waals surface area contributed by atoms with E-state index < -0.39 is 5.97 Å². The highest BCUT2D eigenvalue weighted by Gasteiger charge is 2.38. The van der Waals surface area contributed by atoms with Crippen LogP contribution in [0, 0.1) is 11.8 Å². The van der Waals surface area contributed by atoms with E-state index in [-0.39, 0.29) is 18.4 Å². The van der Waals surface area contributed by atoms with Crippen LogP contribution in [0.15, 0.2) is 24.3 Å². The standard InChI is InChI=1S/C14H17NO4/c1-9-5-12(9)14(18)15-7-10-3-2-4-11(6-10)19-8-13(16)17/h2-4,6,9,12H,5,7-8H2,1H3,(H,15,18)(H,16,17). The maximum absolute atomic E-state index is 11.7. The fourth-order valence-corrected chi connectivity index (χ4v) is 1.90. The summed E-state index contributed by atoms with van der Waals surface area (Å²) in [6.07, 6.45) is 0.966. The van der Waals surface area contributed by atoms with Crippen LogP contribution >= 0.6 is 0 Å². The van der Waals surface area contributed by atoms with Crippen molar-refractivity contribution < 1.29 is 19.4 Å². The maximum Gasteiger partial charge on any atom is 0.341 e.